The number of carbonyl (C=O) groups is 2. The highest BCUT2D eigenvalue weighted by molar-refractivity contribution is 6.06. The highest BCUT2D eigenvalue weighted by atomic mass is 16.6. The lowest BCUT2D eigenvalue weighted by Crippen LogP contribution is -2.33. The minimum absolute atomic E-state index is 0.0444. The van der Waals surface area contributed by atoms with E-state index in [2.05, 4.69) is 44.9 Å². The summed E-state index contributed by atoms with van der Waals surface area (Å²) in [6.07, 6.45) is 9.16. The largest absolute Gasteiger partial charge is 0.444 e. The molecule has 2 aliphatic carbocycles. The summed E-state index contributed by atoms with van der Waals surface area (Å²) < 4.78 is 15.7. The third-order valence-electron chi connectivity index (χ3n) is 11.4. The van der Waals surface area contributed by atoms with Crippen LogP contribution >= 0.6 is 0 Å². The number of aromatic amines is 1. The maximum Gasteiger partial charge on any atom is 0.435 e. The number of ether oxygens (including phenoxy) is 2. The normalized spacial score (nSPS) is 14.2. The highest BCUT2D eigenvalue weighted by Crippen LogP contribution is 2.32. The second-order valence-corrected chi connectivity index (χ2v) is 18.3. The van der Waals surface area contributed by atoms with Crippen molar-refractivity contribution in [3.63, 3.8) is 0 Å². The number of alkyl carbamates (subject to hydrolysis) is 1. The SMILES string of the molecule is Cc1[nH]nc2c1c(=O)n(CCCN)c1cc3c(cc21)CCCC3.Cc1c2c(=O)n(CCCNC(=O)OC(C)(C)C)c3cc4c(cc3c2nn1C(=O)OC(C)(C)C)CCCC4. The minimum atomic E-state index is -0.690. The first-order valence-corrected chi connectivity index (χ1v) is 21.5. The number of carbonyl (C=O) groups excluding carboxylic acids is 2. The second kappa shape index (κ2) is 16.9. The van der Waals surface area contributed by atoms with Gasteiger partial charge in [-0.15, -0.1) is 0 Å². The first kappa shape index (κ1) is 42.6. The van der Waals surface area contributed by atoms with Gasteiger partial charge in [-0.2, -0.15) is 14.9 Å². The Bertz CT molecular complexity index is 2740. The number of pyridine rings is 2. The fourth-order valence-electron chi connectivity index (χ4n) is 8.61. The van der Waals surface area contributed by atoms with Crippen molar-refractivity contribution in [2.45, 2.75) is 144 Å². The van der Waals surface area contributed by atoms with Crippen molar-refractivity contribution in [3.05, 3.63) is 78.6 Å². The van der Waals surface area contributed by atoms with Gasteiger partial charge in [-0.3, -0.25) is 14.7 Å². The van der Waals surface area contributed by atoms with Crippen LogP contribution in [0.25, 0.3) is 43.6 Å². The summed E-state index contributed by atoms with van der Waals surface area (Å²) in [5.41, 5.74) is 14.0. The summed E-state index contributed by atoms with van der Waals surface area (Å²) in [4.78, 5) is 51.7. The van der Waals surface area contributed by atoms with Gasteiger partial charge in [0.15, 0.2) is 0 Å². The summed E-state index contributed by atoms with van der Waals surface area (Å²) in [5.74, 6) is 0. The Morgan fingerprint density at radius 2 is 1.23 bits per heavy atom. The molecule has 320 valence electrons. The van der Waals surface area contributed by atoms with E-state index in [1.165, 1.54) is 39.8 Å². The molecule has 0 bridgehead atoms. The predicted molar refractivity (Wildman–Crippen MR) is 236 cm³/mol. The third-order valence-corrected chi connectivity index (χ3v) is 11.4. The van der Waals surface area contributed by atoms with E-state index in [9.17, 15) is 19.2 Å². The van der Waals surface area contributed by atoms with E-state index in [1.54, 1.807) is 32.3 Å². The quantitative estimate of drug-likeness (QED) is 0.136. The minimum Gasteiger partial charge on any atom is -0.444 e. The molecule has 8 rings (SSSR count). The summed E-state index contributed by atoms with van der Waals surface area (Å²) in [6, 6.07) is 8.71. The zero-order chi connectivity index (χ0) is 43.1. The van der Waals surface area contributed by atoms with Gasteiger partial charge < -0.3 is 29.7 Å². The van der Waals surface area contributed by atoms with Gasteiger partial charge in [0.05, 0.1) is 27.5 Å². The summed E-state index contributed by atoms with van der Waals surface area (Å²) in [5, 5.41) is 17.8. The van der Waals surface area contributed by atoms with Crippen molar-refractivity contribution in [1.82, 2.24) is 34.4 Å². The molecule has 0 radical (unpaired) electrons. The Hall–Kier alpha value is -5.50. The topological polar surface area (TPSA) is 181 Å². The number of nitrogens with two attached hydrogens (primary N) is 1. The molecule has 0 atom stereocenters. The second-order valence-electron chi connectivity index (χ2n) is 18.3. The van der Waals surface area contributed by atoms with Gasteiger partial charge >= 0.3 is 12.2 Å². The number of amides is 1. The molecule has 6 aromatic rings. The molecule has 60 heavy (non-hydrogen) atoms. The smallest absolute Gasteiger partial charge is 0.435 e. The summed E-state index contributed by atoms with van der Waals surface area (Å²) >= 11 is 0. The number of H-pyrrole nitrogens is 1. The number of fused-ring (bicyclic) bond motifs is 8. The van der Waals surface area contributed by atoms with Crippen LogP contribution in [0.5, 0.6) is 0 Å². The Labute approximate surface area is 349 Å². The van der Waals surface area contributed by atoms with Gasteiger partial charge in [-0.25, -0.2) is 9.59 Å². The zero-order valence-electron chi connectivity index (χ0n) is 36.5. The lowest BCUT2D eigenvalue weighted by atomic mass is 9.90. The van der Waals surface area contributed by atoms with Crippen LogP contribution in [0.15, 0.2) is 33.9 Å². The van der Waals surface area contributed by atoms with Crippen molar-refractivity contribution in [3.8, 4) is 0 Å². The monoisotopic (exact) mass is 820 g/mol. The molecule has 0 fully saturated rings. The summed E-state index contributed by atoms with van der Waals surface area (Å²) in [6.45, 7) is 16.5. The molecular weight excluding hydrogens is 761 g/mol. The Balaban J connectivity index is 0.000000201. The molecule has 0 unspecified atom stereocenters. The van der Waals surface area contributed by atoms with Gasteiger partial charge in [0, 0.05) is 36.1 Å². The van der Waals surface area contributed by atoms with E-state index in [-0.39, 0.29) is 11.1 Å². The molecule has 0 saturated heterocycles. The standard InChI is InChI=1S/C28H38N4O5.C18H22N4O/c1-17-22-23(30-32(17)26(35)37-28(5,6)7)20-15-18-11-8-9-12-19(18)16-21(20)31(24(22)33)14-10-13-29-25(34)36-27(2,3)4;1-11-16-17(21-20-11)14-9-12-5-2-3-6-13(12)10-15(14)22(18(16)23)8-4-7-19/h15-16H,8-14H2,1-7H3,(H,29,34);9-10H,2-8,19H2,1H3,(H,20,21). The highest BCUT2D eigenvalue weighted by Gasteiger charge is 2.26. The van der Waals surface area contributed by atoms with Gasteiger partial charge in [0.1, 0.15) is 22.2 Å². The number of aryl methyl sites for hydroxylation is 8. The van der Waals surface area contributed by atoms with Crippen LogP contribution < -0.4 is 22.2 Å². The molecule has 4 heterocycles. The first-order valence-electron chi connectivity index (χ1n) is 21.5. The van der Waals surface area contributed by atoms with Crippen molar-refractivity contribution in [1.29, 1.82) is 0 Å². The molecule has 0 aliphatic heterocycles. The molecule has 4 N–H and O–H groups in total. The van der Waals surface area contributed by atoms with Gasteiger partial charge in [-0.05, 0) is 173 Å². The first-order chi connectivity index (χ1) is 28.5. The molecule has 2 aliphatic rings. The van der Waals surface area contributed by atoms with E-state index in [0.717, 1.165) is 78.0 Å². The Kier molecular flexibility index (Phi) is 12.0. The molecule has 14 nitrogen and oxygen atoms in total. The molecule has 0 saturated carbocycles. The number of hydrogen-bond donors (Lipinski definition) is 3. The van der Waals surface area contributed by atoms with E-state index in [0.29, 0.717) is 54.6 Å². The van der Waals surface area contributed by atoms with Gasteiger partial charge in [0.2, 0.25) is 0 Å². The van der Waals surface area contributed by atoms with E-state index in [4.69, 9.17) is 15.2 Å². The molecular formula is C46H60N8O6. The number of rotatable bonds is 7. The van der Waals surface area contributed by atoms with E-state index < -0.39 is 23.4 Å². The van der Waals surface area contributed by atoms with Crippen LogP contribution in [0.3, 0.4) is 0 Å². The third kappa shape index (κ3) is 8.70. The summed E-state index contributed by atoms with van der Waals surface area (Å²) in [7, 11) is 0. The van der Waals surface area contributed by atoms with Crippen LogP contribution in [-0.4, -0.2) is 65.6 Å². The molecule has 0 spiro atoms. The van der Waals surface area contributed by atoms with Crippen LogP contribution in [0, 0.1) is 13.8 Å². The number of nitrogens with one attached hydrogen (secondary N) is 2. The average Bonchev–Trinajstić information content (AvgIpc) is 3.75. The molecule has 1 amide bonds. The van der Waals surface area contributed by atoms with Crippen LogP contribution in [0.4, 0.5) is 9.59 Å². The lowest BCUT2D eigenvalue weighted by molar-refractivity contribution is 0.0506. The molecule has 14 heteroatoms. The number of aromatic nitrogens is 6. The van der Waals surface area contributed by atoms with Crippen LogP contribution in [0.1, 0.15) is 114 Å². The van der Waals surface area contributed by atoms with Gasteiger partial charge in [-0.1, -0.05) is 0 Å². The predicted octanol–water partition coefficient (Wildman–Crippen LogP) is 7.65. The fourth-order valence-corrected chi connectivity index (χ4v) is 8.61. The van der Waals surface area contributed by atoms with Crippen LogP contribution in [-0.2, 0) is 48.2 Å². The van der Waals surface area contributed by atoms with Crippen molar-refractivity contribution < 1.29 is 19.1 Å². The zero-order valence-corrected chi connectivity index (χ0v) is 36.5. The van der Waals surface area contributed by atoms with Crippen molar-refractivity contribution in [2.24, 2.45) is 5.73 Å². The van der Waals surface area contributed by atoms with Crippen molar-refractivity contribution in [2.75, 3.05) is 13.1 Å². The average molecular weight is 821 g/mol. The van der Waals surface area contributed by atoms with Crippen LogP contribution in [0.2, 0.25) is 0 Å². The Morgan fingerprint density at radius 1 is 0.733 bits per heavy atom. The van der Waals surface area contributed by atoms with Gasteiger partial charge in [0.25, 0.3) is 11.1 Å². The van der Waals surface area contributed by atoms with E-state index >= 15 is 0 Å². The van der Waals surface area contributed by atoms with E-state index in [1.807, 2.05) is 32.3 Å². The maximum absolute atomic E-state index is 13.8. The number of hydrogen-bond acceptors (Lipinski definition) is 9. The number of nitrogens with zero attached hydrogens (tertiary/aromatic N) is 5. The maximum atomic E-state index is 13.8. The van der Waals surface area contributed by atoms with Crippen molar-refractivity contribution >= 4 is 55.8 Å². The molecule has 2 aromatic carbocycles. The Morgan fingerprint density at radius 3 is 1.77 bits per heavy atom. The lowest BCUT2D eigenvalue weighted by Gasteiger charge is -2.20. The molecule has 4 aromatic heterocycles. The fraction of sp³-hybridized carbons (Fsp3) is 0.522. The number of benzene rings is 2.